The van der Waals surface area contributed by atoms with Gasteiger partial charge in [-0.05, 0) is 51.0 Å². The van der Waals surface area contributed by atoms with Crippen molar-refractivity contribution in [2.75, 3.05) is 0 Å². The zero-order valence-electron chi connectivity index (χ0n) is 7.69. The van der Waals surface area contributed by atoms with Crippen molar-refractivity contribution in [1.82, 2.24) is 8.75 Å². The minimum Gasteiger partial charge on any atom is -0.172 e. The molecule has 2 aromatic rings. The van der Waals surface area contributed by atoms with E-state index in [2.05, 4.69) is 24.7 Å². The van der Waals surface area contributed by atoms with Crippen LogP contribution in [0.15, 0.2) is 4.47 Å². The van der Waals surface area contributed by atoms with Gasteiger partial charge in [0.05, 0.1) is 25.3 Å². The van der Waals surface area contributed by atoms with Crippen molar-refractivity contribution in [2.24, 2.45) is 0 Å². The molecule has 1 aromatic heterocycles. The number of benzene rings is 1. The molecule has 0 amide bonds. The fourth-order valence-electron chi connectivity index (χ4n) is 1.38. The molecule has 0 bridgehead atoms. The van der Waals surface area contributed by atoms with Gasteiger partial charge in [0.2, 0.25) is 0 Å². The standard InChI is InChI=1S/C8H3BrF3IN2S/c1-2-3(8(10,11)12)5(13)7-6(4(2)9)14-16-15-7/h1H3. The number of halogens is 5. The highest BCUT2D eigenvalue weighted by atomic mass is 127. The first kappa shape index (κ1) is 12.5. The van der Waals surface area contributed by atoms with Crippen molar-refractivity contribution in [2.45, 2.75) is 13.1 Å². The van der Waals surface area contributed by atoms with Crippen LogP contribution in [0.4, 0.5) is 13.2 Å². The monoisotopic (exact) mass is 422 g/mol. The largest absolute Gasteiger partial charge is 0.417 e. The summed E-state index contributed by atoms with van der Waals surface area (Å²) in [5, 5.41) is 0. The van der Waals surface area contributed by atoms with Gasteiger partial charge in [0, 0.05) is 0 Å². The fourth-order valence-corrected chi connectivity index (χ4v) is 3.79. The van der Waals surface area contributed by atoms with Crippen molar-refractivity contribution in [3.8, 4) is 0 Å². The van der Waals surface area contributed by atoms with Gasteiger partial charge in [-0.2, -0.15) is 21.9 Å². The van der Waals surface area contributed by atoms with Gasteiger partial charge in [-0.1, -0.05) is 0 Å². The predicted molar refractivity (Wildman–Crippen MR) is 67.6 cm³/mol. The zero-order valence-corrected chi connectivity index (χ0v) is 12.3. The van der Waals surface area contributed by atoms with E-state index in [0.717, 1.165) is 11.7 Å². The molecule has 0 saturated heterocycles. The SMILES string of the molecule is Cc1c(C(F)(F)F)c(I)c2nsnc2c1Br. The molecule has 0 aliphatic carbocycles. The zero-order chi connectivity index (χ0) is 12.1. The molecule has 0 aliphatic rings. The van der Waals surface area contributed by atoms with Crippen LogP contribution in [0.3, 0.4) is 0 Å². The topological polar surface area (TPSA) is 25.8 Å². The van der Waals surface area contributed by atoms with Crippen LogP contribution in [0.1, 0.15) is 11.1 Å². The minimum atomic E-state index is -4.37. The lowest BCUT2D eigenvalue weighted by Gasteiger charge is -2.14. The van der Waals surface area contributed by atoms with Gasteiger partial charge in [0.15, 0.2) is 0 Å². The van der Waals surface area contributed by atoms with E-state index in [1.165, 1.54) is 6.92 Å². The van der Waals surface area contributed by atoms with Crippen LogP contribution >= 0.6 is 50.2 Å². The molecule has 0 aliphatic heterocycles. The lowest BCUT2D eigenvalue weighted by molar-refractivity contribution is -0.138. The first-order chi connectivity index (χ1) is 7.34. The lowest BCUT2D eigenvalue weighted by atomic mass is 10.1. The third-order valence-corrected chi connectivity index (χ3v) is 4.66. The maximum atomic E-state index is 12.9. The molecule has 0 spiro atoms. The second kappa shape index (κ2) is 4.05. The normalized spacial score (nSPS) is 12.4. The summed E-state index contributed by atoms with van der Waals surface area (Å²) in [5.41, 5.74) is 0.299. The average Bonchev–Trinajstić information content (AvgIpc) is 2.61. The predicted octanol–water partition coefficient (Wildman–Crippen LogP) is 4.39. The first-order valence-electron chi connectivity index (χ1n) is 4.01. The van der Waals surface area contributed by atoms with Crippen molar-refractivity contribution < 1.29 is 13.2 Å². The molecule has 0 unspecified atom stereocenters. The van der Waals surface area contributed by atoms with Crippen LogP contribution in [0.25, 0.3) is 11.0 Å². The highest BCUT2D eigenvalue weighted by Crippen LogP contribution is 2.42. The average molecular weight is 423 g/mol. The summed E-state index contributed by atoms with van der Waals surface area (Å²) in [4.78, 5) is 0. The van der Waals surface area contributed by atoms with Crippen LogP contribution in [0.5, 0.6) is 0 Å². The Morgan fingerprint density at radius 3 is 2.38 bits per heavy atom. The smallest absolute Gasteiger partial charge is 0.172 e. The Morgan fingerprint density at radius 1 is 1.25 bits per heavy atom. The Kier molecular flexibility index (Phi) is 3.17. The van der Waals surface area contributed by atoms with Gasteiger partial charge in [-0.15, -0.1) is 0 Å². The van der Waals surface area contributed by atoms with E-state index in [-0.39, 0.29) is 9.13 Å². The molecule has 1 aromatic carbocycles. The summed E-state index contributed by atoms with van der Waals surface area (Å²) in [5.74, 6) is 0. The second-order valence-electron chi connectivity index (χ2n) is 3.09. The number of nitrogens with zero attached hydrogens (tertiary/aromatic N) is 2. The summed E-state index contributed by atoms with van der Waals surface area (Å²) < 4.78 is 46.9. The Bertz CT molecular complexity index is 566. The van der Waals surface area contributed by atoms with Crippen molar-refractivity contribution in [3.63, 3.8) is 0 Å². The molecule has 86 valence electrons. The van der Waals surface area contributed by atoms with E-state index < -0.39 is 11.7 Å². The molecule has 0 atom stereocenters. The quantitative estimate of drug-likeness (QED) is 0.588. The van der Waals surface area contributed by atoms with E-state index in [4.69, 9.17) is 0 Å². The fraction of sp³-hybridized carbons (Fsp3) is 0.250. The number of fused-ring (bicyclic) bond motifs is 1. The summed E-state index contributed by atoms with van der Waals surface area (Å²) in [7, 11) is 0. The van der Waals surface area contributed by atoms with Gasteiger partial charge >= 0.3 is 6.18 Å². The van der Waals surface area contributed by atoms with E-state index in [1.54, 1.807) is 22.6 Å². The Morgan fingerprint density at radius 2 is 1.81 bits per heavy atom. The van der Waals surface area contributed by atoms with Crippen LogP contribution < -0.4 is 0 Å². The highest BCUT2D eigenvalue weighted by Gasteiger charge is 2.37. The molecule has 0 N–H and O–H groups in total. The van der Waals surface area contributed by atoms with E-state index in [0.29, 0.717) is 15.5 Å². The maximum Gasteiger partial charge on any atom is 0.417 e. The van der Waals surface area contributed by atoms with Crippen molar-refractivity contribution >= 4 is 61.3 Å². The molecule has 0 fully saturated rings. The third-order valence-electron chi connectivity index (χ3n) is 2.11. The van der Waals surface area contributed by atoms with E-state index >= 15 is 0 Å². The third kappa shape index (κ3) is 1.84. The van der Waals surface area contributed by atoms with Crippen LogP contribution in [-0.2, 0) is 6.18 Å². The minimum absolute atomic E-state index is 0.106. The van der Waals surface area contributed by atoms with Crippen LogP contribution in [0.2, 0.25) is 0 Å². The second-order valence-corrected chi connectivity index (χ2v) is 5.49. The maximum absolute atomic E-state index is 12.9. The van der Waals surface area contributed by atoms with Crippen molar-refractivity contribution in [3.05, 3.63) is 19.2 Å². The van der Waals surface area contributed by atoms with Gasteiger partial charge in [-0.3, -0.25) is 0 Å². The summed E-state index contributed by atoms with van der Waals surface area (Å²) >= 11 is 5.71. The first-order valence-corrected chi connectivity index (χ1v) is 6.61. The Labute approximate surface area is 115 Å². The molecule has 0 radical (unpaired) electrons. The summed E-state index contributed by atoms with van der Waals surface area (Å²) in [6, 6.07) is 0. The molecular weight excluding hydrogens is 420 g/mol. The molecule has 1 heterocycles. The lowest BCUT2D eigenvalue weighted by Crippen LogP contribution is -2.11. The van der Waals surface area contributed by atoms with Gasteiger partial charge in [0.1, 0.15) is 11.0 Å². The summed E-state index contributed by atoms with van der Waals surface area (Å²) in [6.45, 7) is 1.42. The molecule has 2 nitrogen and oxygen atoms in total. The summed E-state index contributed by atoms with van der Waals surface area (Å²) in [6.07, 6.45) is -4.37. The Balaban J connectivity index is 2.94. The van der Waals surface area contributed by atoms with Gasteiger partial charge in [-0.25, -0.2) is 0 Å². The molecular formula is C8H3BrF3IN2S. The number of aromatic nitrogens is 2. The van der Waals surface area contributed by atoms with Gasteiger partial charge < -0.3 is 0 Å². The number of hydrogen-bond acceptors (Lipinski definition) is 3. The number of hydrogen-bond donors (Lipinski definition) is 0. The molecule has 0 saturated carbocycles. The number of rotatable bonds is 0. The van der Waals surface area contributed by atoms with Crippen LogP contribution in [-0.4, -0.2) is 8.75 Å². The van der Waals surface area contributed by atoms with E-state index in [9.17, 15) is 13.2 Å². The van der Waals surface area contributed by atoms with Gasteiger partial charge in [0.25, 0.3) is 0 Å². The van der Waals surface area contributed by atoms with Crippen molar-refractivity contribution in [1.29, 1.82) is 0 Å². The Hall–Kier alpha value is 0.0400. The van der Waals surface area contributed by atoms with Crippen LogP contribution in [0, 0.1) is 10.5 Å². The van der Waals surface area contributed by atoms with E-state index in [1.807, 2.05) is 0 Å². The molecule has 8 heteroatoms. The highest BCUT2D eigenvalue weighted by molar-refractivity contribution is 14.1. The molecule has 2 rings (SSSR count). The molecule has 16 heavy (non-hydrogen) atoms. The number of alkyl halides is 3.